The molecule has 3 aromatic carbocycles. The molecule has 2 N–H and O–H groups in total. The molecule has 0 atom stereocenters. The molecule has 158 valence electrons. The lowest BCUT2D eigenvalue weighted by molar-refractivity contribution is -0.136. The molecule has 3 aromatic rings. The highest BCUT2D eigenvalue weighted by atomic mass is 16.5. The number of hydrogen-bond donors (Lipinski definition) is 2. The number of amides is 2. The SMILES string of the molecule is CCOc1ccccc1NC(=O)C(=O)N/N=C\c1ccc(OCc2ccccc2)cc1. The number of nitrogens with zero attached hydrogens (tertiary/aromatic N) is 1. The van der Waals surface area contributed by atoms with Crippen molar-refractivity contribution in [3.8, 4) is 11.5 Å². The molecule has 0 aromatic heterocycles. The van der Waals surface area contributed by atoms with E-state index in [1.165, 1.54) is 6.21 Å². The average molecular weight is 417 g/mol. The third-order valence-electron chi connectivity index (χ3n) is 4.15. The predicted molar refractivity (Wildman–Crippen MR) is 119 cm³/mol. The minimum absolute atomic E-state index is 0.416. The lowest BCUT2D eigenvalue weighted by Crippen LogP contribution is -2.32. The van der Waals surface area contributed by atoms with Gasteiger partial charge in [-0.05, 0) is 54.4 Å². The summed E-state index contributed by atoms with van der Waals surface area (Å²) in [6, 6.07) is 24.0. The molecule has 0 heterocycles. The molecule has 31 heavy (non-hydrogen) atoms. The van der Waals surface area contributed by atoms with E-state index in [1.54, 1.807) is 36.4 Å². The minimum atomic E-state index is -0.884. The maximum absolute atomic E-state index is 12.1. The van der Waals surface area contributed by atoms with Crippen molar-refractivity contribution in [1.82, 2.24) is 5.43 Å². The molecule has 0 aliphatic rings. The normalized spacial score (nSPS) is 10.5. The molecular weight excluding hydrogens is 394 g/mol. The van der Waals surface area contributed by atoms with Crippen LogP contribution in [-0.2, 0) is 16.2 Å². The summed E-state index contributed by atoms with van der Waals surface area (Å²) in [4.78, 5) is 24.1. The standard InChI is InChI=1S/C24H23N3O4/c1-2-30-22-11-7-6-10-21(22)26-23(28)24(29)27-25-16-18-12-14-20(15-13-18)31-17-19-8-4-3-5-9-19/h3-16H,2,17H2,1H3,(H,26,28)(H,27,29)/b25-16-. The Bertz CT molecular complexity index is 1030. The van der Waals surface area contributed by atoms with Gasteiger partial charge in [0.15, 0.2) is 0 Å². The molecule has 0 radical (unpaired) electrons. The summed E-state index contributed by atoms with van der Waals surface area (Å²) in [6.07, 6.45) is 1.44. The van der Waals surface area contributed by atoms with Crippen LogP contribution < -0.4 is 20.2 Å². The van der Waals surface area contributed by atoms with Crippen molar-refractivity contribution in [3.05, 3.63) is 90.0 Å². The molecule has 0 fully saturated rings. The summed E-state index contributed by atoms with van der Waals surface area (Å²) < 4.78 is 11.1. The predicted octanol–water partition coefficient (Wildman–Crippen LogP) is 3.75. The van der Waals surface area contributed by atoms with Crippen LogP contribution in [0.15, 0.2) is 84.0 Å². The first-order valence-corrected chi connectivity index (χ1v) is 9.78. The largest absolute Gasteiger partial charge is 0.492 e. The Morgan fingerprint density at radius 1 is 0.871 bits per heavy atom. The van der Waals surface area contributed by atoms with Gasteiger partial charge in [0.1, 0.15) is 18.1 Å². The monoisotopic (exact) mass is 417 g/mol. The summed E-state index contributed by atoms with van der Waals surface area (Å²) in [6.45, 7) is 2.76. The number of carbonyl (C=O) groups excluding carboxylic acids is 2. The first-order chi connectivity index (χ1) is 15.2. The molecule has 7 nitrogen and oxygen atoms in total. The van der Waals surface area contributed by atoms with Crippen molar-refractivity contribution in [2.24, 2.45) is 5.10 Å². The summed E-state index contributed by atoms with van der Waals surface area (Å²) in [5.74, 6) is -0.513. The first kappa shape index (κ1) is 21.6. The van der Waals surface area contributed by atoms with Gasteiger partial charge in [-0.3, -0.25) is 9.59 Å². The van der Waals surface area contributed by atoms with Crippen LogP contribution in [0.1, 0.15) is 18.1 Å². The Labute approximate surface area is 180 Å². The van der Waals surface area contributed by atoms with Crippen LogP contribution in [0.5, 0.6) is 11.5 Å². The maximum Gasteiger partial charge on any atom is 0.329 e. The fourth-order valence-electron chi connectivity index (χ4n) is 2.64. The van der Waals surface area contributed by atoms with Gasteiger partial charge in [0.05, 0.1) is 18.5 Å². The van der Waals surface area contributed by atoms with Gasteiger partial charge in [-0.25, -0.2) is 5.43 Å². The van der Waals surface area contributed by atoms with E-state index in [9.17, 15) is 9.59 Å². The molecule has 0 aliphatic carbocycles. The summed E-state index contributed by atoms with van der Waals surface area (Å²) in [5, 5.41) is 6.34. The maximum atomic E-state index is 12.1. The highest BCUT2D eigenvalue weighted by Gasteiger charge is 2.15. The molecule has 0 unspecified atom stereocenters. The minimum Gasteiger partial charge on any atom is -0.492 e. The molecule has 3 rings (SSSR count). The van der Waals surface area contributed by atoms with Crippen molar-refractivity contribution < 1.29 is 19.1 Å². The molecule has 0 saturated carbocycles. The average Bonchev–Trinajstić information content (AvgIpc) is 2.80. The van der Waals surface area contributed by atoms with Crippen LogP contribution in [0.25, 0.3) is 0 Å². The zero-order valence-corrected chi connectivity index (χ0v) is 17.1. The van der Waals surface area contributed by atoms with Crippen LogP contribution in [0.3, 0.4) is 0 Å². The third kappa shape index (κ3) is 6.71. The van der Waals surface area contributed by atoms with Crippen LogP contribution in [0, 0.1) is 0 Å². The second-order valence-corrected chi connectivity index (χ2v) is 6.43. The Balaban J connectivity index is 1.48. The van der Waals surface area contributed by atoms with Crippen LogP contribution in [0.2, 0.25) is 0 Å². The second kappa shape index (κ2) is 11.2. The van der Waals surface area contributed by atoms with Gasteiger partial charge in [0.25, 0.3) is 0 Å². The molecule has 0 saturated heterocycles. The number of anilines is 1. The van der Waals surface area contributed by atoms with E-state index in [1.807, 2.05) is 49.4 Å². The lowest BCUT2D eigenvalue weighted by atomic mass is 10.2. The lowest BCUT2D eigenvalue weighted by Gasteiger charge is -2.10. The summed E-state index contributed by atoms with van der Waals surface area (Å²) in [7, 11) is 0. The zero-order chi connectivity index (χ0) is 21.9. The van der Waals surface area contributed by atoms with Crippen molar-refractivity contribution >= 4 is 23.7 Å². The Hall–Kier alpha value is -4.13. The van der Waals surface area contributed by atoms with E-state index in [0.29, 0.717) is 24.7 Å². The van der Waals surface area contributed by atoms with Crippen LogP contribution in [0.4, 0.5) is 5.69 Å². The van der Waals surface area contributed by atoms with E-state index in [0.717, 1.165) is 16.9 Å². The number of rotatable bonds is 8. The van der Waals surface area contributed by atoms with Gasteiger partial charge in [-0.15, -0.1) is 0 Å². The summed E-state index contributed by atoms with van der Waals surface area (Å²) in [5.41, 5.74) is 4.45. The number of para-hydroxylation sites is 2. The molecular formula is C24H23N3O4. The van der Waals surface area contributed by atoms with Gasteiger partial charge in [0, 0.05) is 0 Å². The Morgan fingerprint density at radius 3 is 2.32 bits per heavy atom. The van der Waals surface area contributed by atoms with E-state index in [-0.39, 0.29) is 0 Å². The van der Waals surface area contributed by atoms with Gasteiger partial charge in [-0.1, -0.05) is 42.5 Å². The number of nitrogens with one attached hydrogen (secondary N) is 2. The van der Waals surface area contributed by atoms with Crippen molar-refractivity contribution in [3.63, 3.8) is 0 Å². The third-order valence-corrected chi connectivity index (χ3v) is 4.15. The van der Waals surface area contributed by atoms with Crippen molar-refractivity contribution in [2.45, 2.75) is 13.5 Å². The van der Waals surface area contributed by atoms with E-state index >= 15 is 0 Å². The smallest absolute Gasteiger partial charge is 0.329 e. The molecule has 2 amide bonds. The molecule has 0 bridgehead atoms. The van der Waals surface area contributed by atoms with Gasteiger partial charge < -0.3 is 14.8 Å². The highest BCUT2D eigenvalue weighted by Crippen LogP contribution is 2.23. The highest BCUT2D eigenvalue weighted by molar-refractivity contribution is 6.39. The van der Waals surface area contributed by atoms with Crippen molar-refractivity contribution in [1.29, 1.82) is 0 Å². The van der Waals surface area contributed by atoms with E-state index < -0.39 is 11.8 Å². The number of hydrazone groups is 1. The zero-order valence-electron chi connectivity index (χ0n) is 17.1. The van der Waals surface area contributed by atoms with Gasteiger partial charge in [-0.2, -0.15) is 5.10 Å². The Kier molecular flexibility index (Phi) is 7.77. The number of hydrogen-bond acceptors (Lipinski definition) is 5. The molecule has 0 aliphatic heterocycles. The fraction of sp³-hybridized carbons (Fsp3) is 0.125. The summed E-state index contributed by atoms with van der Waals surface area (Å²) >= 11 is 0. The quantitative estimate of drug-likeness (QED) is 0.332. The van der Waals surface area contributed by atoms with E-state index in [4.69, 9.17) is 9.47 Å². The number of benzene rings is 3. The topological polar surface area (TPSA) is 89.0 Å². The fourth-order valence-corrected chi connectivity index (χ4v) is 2.64. The number of carbonyl (C=O) groups is 2. The van der Waals surface area contributed by atoms with Gasteiger partial charge in [0.2, 0.25) is 0 Å². The van der Waals surface area contributed by atoms with E-state index in [2.05, 4.69) is 15.8 Å². The van der Waals surface area contributed by atoms with Crippen LogP contribution >= 0.6 is 0 Å². The molecule has 0 spiro atoms. The Morgan fingerprint density at radius 2 is 1.58 bits per heavy atom. The van der Waals surface area contributed by atoms with Crippen LogP contribution in [-0.4, -0.2) is 24.6 Å². The van der Waals surface area contributed by atoms with Gasteiger partial charge >= 0.3 is 11.8 Å². The first-order valence-electron chi connectivity index (χ1n) is 9.78. The number of ether oxygens (including phenoxy) is 2. The molecule has 7 heteroatoms. The second-order valence-electron chi connectivity index (χ2n) is 6.43. The van der Waals surface area contributed by atoms with Crippen molar-refractivity contribution in [2.75, 3.05) is 11.9 Å².